The largest absolute Gasteiger partial charge is 0.0968 e. The lowest BCUT2D eigenvalue weighted by atomic mass is 9.84. The molecule has 0 aliphatic carbocycles. The van der Waals surface area contributed by atoms with Crippen molar-refractivity contribution in [3.63, 3.8) is 0 Å². The molecule has 0 saturated heterocycles. The van der Waals surface area contributed by atoms with E-state index in [4.69, 9.17) is 0 Å². The van der Waals surface area contributed by atoms with Crippen molar-refractivity contribution in [2.75, 3.05) is 0 Å². The number of hydrogen-bond donors (Lipinski definition) is 0. The zero-order valence-corrected chi connectivity index (χ0v) is 9.41. The van der Waals surface area contributed by atoms with Crippen LogP contribution >= 0.6 is 0 Å². The van der Waals surface area contributed by atoms with Gasteiger partial charge in [0.05, 0.1) is 0 Å². The Kier molecular flexibility index (Phi) is 3.84. The first-order chi connectivity index (χ1) is 5.33. The van der Waals surface area contributed by atoms with Crippen LogP contribution in [0.5, 0.6) is 0 Å². The van der Waals surface area contributed by atoms with E-state index in [1.165, 1.54) is 0 Å². The van der Waals surface area contributed by atoms with Crippen molar-refractivity contribution >= 4 is 0 Å². The summed E-state index contributed by atoms with van der Waals surface area (Å²) in [4.78, 5) is 0. The van der Waals surface area contributed by atoms with Gasteiger partial charge in [-0.2, -0.15) is 0 Å². The Hall–Kier alpha value is -0.440. The van der Waals surface area contributed by atoms with Gasteiger partial charge in [0, 0.05) is 10.8 Å². The van der Waals surface area contributed by atoms with Crippen LogP contribution in [-0.2, 0) is 0 Å². The third-order valence-electron chi connectivity index (χ3n) is 2.30. The van der Waals surface area contributed by atoms with Crippen LogP contribution in [-0.4, -0.2) is 0 Å². The highest BCUT2D eigenvalue weighted by atomic mass is 14.2. The molecule has 0 atom stereocenters. The molecule has 0 spiro atoms. The summed E-state index contributed by atoms with van der Waals surface area (Å²) in [5.74, 6) is 6.70. The maximum absolute atomic E-state index is 3.39. The van der Waals surface area contributed by atoms with Gasteiger partial charge in [0.25, 0.3) is 0 Å². The molecule has 0 heteroatoms. The lowest BCUT2D eigenvalue weighted by Crippen LogP contribution is -2.12. The normalized spacial score (nSPS) is 12.2. The van der Waals surface area contributed by atoms with Crippen LogP contribution < -0.4 is 0 Å². The summed E-state index contributed by atoms with van der Waals surface area (Å²) in [6, 6.07) is 0. The van der Waals surface area contributed by atoms with Crippen molar-refractivity contribution < 1.29 is 0 Å². The smallest absolute Gasteiger partial charge is 0.0281 e. The van der Waals surface area contributed by atoms with Crippen LogP contribution in [0, 0.1) is 22.7 Å². The maximum Gasteiger partial charge on any atom is 0.0281 e. The average molecular weight is 166 g/mol. The van der Waals surface area contributed by atoms with Crippen molar-refractivity contribution in [3.8, 4) is 11.8 Å². The predicted octanol–water partition coefficient (Wildman–Crippen LogP) is 3.86. The summed E-state index contributed by atoms with van der Waals surface area (Å²) in [7, 11) is 0. The minimum Gasteiger partial charge on any atom is -0.0968 e. The molecule has 0 fully saturated rings. The van der Waals surface area contributed by atoms with Crippen LogP contribution in [0.3, 0.4) is 0 Å². The van der Waals surface area contributed by atoms with Gasteiger partial charge in [-0.15, -0.1) is 0 Å². The Morgan fingerprint density at radius 1 is 0.833 bits per heavy atom. The quantitative estimate of drug-likeness (QED) is 0.546. The fraction of sp³-hybridized carbons (Fsp3) is 0.833. The van der Waals surface area contributed by atoms with Crippen LogP contribution in [0.2, 0.25) is 0 Å². The Bertz CT molecular complexity index is 178. The van der Waals surface area contributed by atoms with Crippen molar-refractivity contribution in [2.24, 2.45) is 10.8 Å². The van der Waals surface area contributed by atoms with Crippen LogP contribution in [0.25, 0.3) is 0 Å². The molecule has 0 unspecified atom stereocenters. The Morgan fingerprint density at radius 2 is 1.25 bits per heavy atom. The second-order valence-corrected chi connectivity index (χ2v) is 4.77. The van der Waals surface area contributed by atoms with Gasteiger partial charge in [-0.1, -0.05) is 25.7 Å². The van der Waals surface area contributed by atoms with Gasteiger partial charge in [0.2, 0.25) is 0 Å². The molecule has 0 N–H and O–H groups in total. The first kappa shape index (κ1) is 11.6. The molecular formula is C12H22. The Labute approximate surface area is 77.8 Å². The van der Waals surface area contributed by atoms with E-state index in [0.29, 0.717) is 0 Å². The molecule has 0 amide bonds. The zero-order chi connectivity index (χ0) is 9.83. The van der Waals surface area contributed by atoms with Gasteiger partial charge in [-0.05, 0) is 40.5 Å². The fourth-order valence-corrected chi connectivity index (χ4v) is 0.765. The van der Waals surface area contributed by atoms with Gasteiger partial charge >= 0.3 is 0 Å². The summed E-state index contributed by atoms with van der Waals surface area (Å²) in [6.07, 6.45) is 2.29. The number of rotatable bonds is 2. The standard InChI is InChI=1S/C12H22/c1-7-12(6,8-2)10-9-11(3,4)5/h7-8H2,1-6H3. The molecule has 0 bridgehead atoms. The predicted molar refractivity (Wildman–Crippen MR) is 55.9 cm³/mol. The molecule has 0 heterocycles. The van der Waals surface area contributed by atoms with Crippen molar-refractivity contribution in [2.45, 2.75) is 54.4 Å². The zero-order valence-electron chi connectivity index (χ0n) is 9.41. The molecular weight excluding hydrogens is 144 g/mol. The van der Waals surface area contributed by atoms with Crippen LogP contribution in [0.15, 0.2) is 0 Å². The van der Waals surface area contributed by atoms with E-state index >= 15 is 0 Å². The van der Waals surface area contributed by atoms with E-state index in [2.05, 4.69) is 53.4 Å². The molecule has 0 radical (unpaired) electrons. The molecule has 0 saturated carbocycles. The first-order valence-corrected chi connectivity index (χ1v) is 4.87. The van der Waals surface area contributed by atoms with E-state index in [1.807, 2.05) is 0 Å². The van der Waals surface area contributed by atoms with Crippen molar-refractivity contribution in [1.82, 2.24) is 0 Å². The lowest BCUT2D eigenvalue weighted by Gasteiger charge is -2.20. The minimum atomic E-state index is 0.144. The molecule has 12 heavy (non-hydrogen) atoms. The lowest BCUT2D eigenvalue weighted by molar-refractivity contribution is 0.413. The van der Waals surface area contributed by atoms with E-state index < -0.39 is 0 Å². The van der Waals surface area contributed by atoms with Gasteiger partial charge in [-0.25, -0.2) is 0 Å². The van der Waals surface area contributed by atoms with Crippen LogP contribution in [0.1, 0.15) is 54.4 Å². The minimum absolute atomic E-state index is 0.144. The summed E-state index contributed by atoms with van der Waals surface area (Å²) in [5.41, 5.74) is 0.374. The summed E-state index contributed by atoms with van der Waals surface area (Å²) < 4.78 is 0. The maximum atomic E-state index is 3.39. The van der Waals surface area contributed by atoms with E-state index in [9.17, 15) is 0 Å². The van der Waals surface area contributed by atoms with E-state index in [1.54, 1.807) is 0 Å². The average Bonchev–Trinajstić information content (AvgIpc) is 1.99. The highest BCUT2D eigenvalue weighted by Crippen LogP contribution is 2.25. The summed E-state index contributed by atoms with van der Waals surface area (Å²) >= 11 is 0. The monoisotopic (exact) mass is 166 g/mol. The highest BCUT2D eigenvalue weighted by Gasteiger charge is 2.16. The third-order valence-corrected chi connectivity index (χ3v) is 2.30. The highest BCUT2D eigenvalue weighted by molar-refractivity contribution is 5.14. The Morgan fingerprint density at radius 3 is 1.50 bits per heavy atom. The summed E-state index contributed by atoms with van der Waals surface area (Å²) in [6.45, 7) is 13.1. The van der Waals surface area contributed by atoms with Gasteiger partial charge in [0.15, 0.2) is 0 Å². The van der Waals surface area contributed by atoms with Crippen molar-refractivity contribution in [1.29, 1.82) is 0 Å². The van der Waals surface area contributed by atoms with Gasteiger partial charge in [-0.3, -0.25) is 0 Å². The molecule has 0 aromatic rings. The molecule has 0 aromatic heterocycles. The van der Waals surface area contributed by atoms with E-state index in [-0.39, 0.29) is 10.8 Å². The van der Waals surface area contributed by atoms with Gasteiger partial charge in [0.1, 0.15) is 0 Å². The SMILES string of the molecule is CCC(C)(C#CC(C)(C)C)CC. The van der Waals surface area contributed by atoms with Crippen LogP contribution in [0.4, 0.5) is 0 Å². The Balaban J connectivity index is 4.46. The topological polar surface area (TPSA) is 0 Å². The molecule has 0 nitrogen and oxygen atoms in total. The molecule has 70 valence electrons. The second-order valence-electron chi connectivity index (χ2n) is 4.77. The van der Waals surface area contributed by atoms with E-state index in [0.717, 1.165) is 12.8 Å². The number of hydrogen-bond acceptors (Lipinski definition) is 0. The van der Waals surface area contributed by atoms with Crippen molar-refractivity contribution in [3.05, 3.63) is 0 Å². The molecule has 0 aromatic carbocycles. The summed E-state index contributed by atoms with van der Waals surface area (Å²) in [5, 5.41) is 0. The molecule has 0 aliphatic rings. The second kappa shape index (κ2) is 3.99. The fourth-order valence-electron chi connectivity index (χ4n) is 0.765. The molecule has 0 rings (SSSR count). The first-order valence-electron chi connectivity index (χ1n) is 4.87. The third kappa shape index (κ3) is 4.44. The molecule has 0 aliphatic heterocycles. The van der Waals surface area contributed by atoms with Gasteiger partial charge < -0.3 is 0 Å².